The molecule has 1 heterocycles. The van der Waals surface area contributed by atoms with Crippen LogP contribution in [0.15, 0.2) is 35.3 Å². The first-order chi connectivity index (χ1) is 8.09. The van der Waals surface area contributed by atoms with Crippen molar-refractivity contribution in [2.24, 2.45) is 4.99 Å². The molecule has 0 unspecified atom stereocenters. The zero-order valence-corrected chi connectivity index (χ0v) is 9.21. The first-order valence-corrected chi connectivity index (χ1v) is 5.10. The van der Waals surface area contributed by atoms with Crippen LogP contribution < -0.4 is 0 Å². The minimum Gasteiger partial charge on any atom is -0.274 e. The summed E-state index contributed by atoms with van der Waals surface area (Å²) in [7, 11) is 0. The van der Waals surface area contributed by atoms with Gasteiger partial charge in [-0.2, -0.15) is 0 Å². The number of benzene rings is 1. The van der Waals surface area contributed by atoms with E-state index in [1.54, 1.807) is 24.3 Å². The monoisotopic (exact) mass is 230 g/mol. The van der Waals surface area contributed by atoms with Gasteiger partial charge in [0, 0.05) is 6.92 Å². The molecule has 17 heavy (non-hydrogen) atoms. The van der Waals surface area contributed by atoms with Crippen molar-refractivity contribution >= 4 is 29.1 Å². The maximum atomic E-state index is 11.7. The fourth-order valence-electron chi connectivity index (χ4n) is 1.60. The molecule has 3 amide bonds. The Hall–Kier alpha value is -2.30. The van der Waals surface area contributed by atoms with E-state index in [9.17, 15) is 14.4 Å². The van der Waals surface area contributed by atoms with Crippen molar-refractivity contribution in [3.8, 4) is 0 Å². The molecule has 5 nitrogen and oxygen atoms in total. The summed E-state index contributed by atoms with van der Waals surface area (Å²) in [6, 6.07) is 8.84. The SMILES string of the molecule is CC(=O)N1C(=O)CC(=Nc2ccccc2)C1=O. The minimum absolute atomic E-state index is 0.108. The van der Waals surface area contributed by atoms with Crippen LogP contribution in [0.3, 0.4) is 0 Å². The first kappa shape index (κ1) is 11.2. The average Bonchev–Trinajstić information content (AvgIpc) is 2.55. The third-order valence-electron chi connectivity index (χ3n) is 2.35. The van der Waals surface area contributed by atoms with Gasteiger partial charge in [0.1, 0.15) is 5.71 Å². The van der Waals surface area contributed by atoms with E-state index in [0.717, 1.165) is 0 Å². The lowest BCUT2D eigenvalue weighted by Gasteiger charge is -2.06. The van der Waals surface area contributed by atoms with Crippen LogP contribution in [0.25, 0.3) is 0 Å². The van der Waals surface area contributed by atoms with E-state index in [2.05, 4.69) is 4.99 Å². The van der Waals surface area contributed by atoms with Crippen LogP contribution >= 0.6 is 0 Å². The highest BCUT2D eigenvalue weighted by Gasteiger charge is 2.37. The molecule has 0 saturated carbocycles. The van der Waals surface area contributed by atoms with E-state index in [1.165, 1.54) is 6.92 Å². The molecule has 0 bridgehead atoms. The van der Waals surface area contributed by atoms with Crippen molar-refractivity contribution in [2.45, 2.75) is 13.3 Å². The van der Waals surface area contributed by atoms with Crippen molar-refractivity contribution in [1.82, 2.24) is 4.90 Å². The predicted octanol–water partition coefficient (Wildman–Crippen LogP) is 1.06. The van der Waals surface area contributed by atoms with Crippen LogP contribution in [0.1, 0.15) is 13.3 Å². The van der Waals surface area contributed by atoms with Gasteiger partial charge in [-0.25, -0.2) is 9.89 Å². The molecule has 2 rings (SSSR count). The normalized spacial score (nSPS) is 17.9. The number of carbonyl (C=O) groups excluding carboxylic acids is 3. The van der Waals surface area contributed by atoms with Crippen LogP contribution in [0.5, 0.6) is 0 Å². The summed E-state index contributed by atoms with van der Waals surface area (Å²) in [5.74, 6) is -1.71. The number of amides is 3. The van der Waals surface area contributed by atoms with E-state index < -0.39 is 17.7 Å². The number of likely N-dealkylation sites (tertiary alicyclic amines) is 1. The summed E-state index contributed by atoms with van der Waals surface area (Å²) >= 11 is 0. The standard InChI is InChI=1S/C12H10N2O3/c1-8(15)14-11(16)7-10(12(14)17)13-9-5-3-2-4-6-9/h2-6H,7H2,1H3. The van der Waals surface area contributed by atoms with Gasteiger partial charge >= 0.3 is 0 Å². The Kier molecular flexibility index (Phi) is 2.82. The molecule has 86 valence electrons. The van der Waals surface area contributed by atoms with Gasteiger partial charge in [0.2, 0.25) is 11.8 Å². The van der Waals surface area contributed by atoms with Crippen molar-refractivity contribution in [3.05, 3.63) is 30.3 Å². The summed E-state index contributed by atoms with van der Waals surface area (Å²) in [5.41, 5.74) is 0.699. The number of hydrogen-bond acceptors (Lipinski definition) is 4. The number of aliphatic imine (C=N–C) groups is 1. The second-order valence-corrected chi connectivity index (χ2v) is 3.62. The Balaban J connectivity index is 2.31. The molecule has 0 aliphatic carbocycles. The maximum Gasteiger partial charge on any atom is 0.282 e. The van der Waals surface area contributed by atoms with Crippen LogP contribution in [0.4, 0.5) is 5.69 Å². The fraction of sp³-hybridized carbons (Fsp3) is 0.167. The molecule has 0 aromatic heterocycles. The van der Waals surface area contributed by atoms with E-state index in [1.807, 2.05) is 6.07 Å². The predicted molar refractivity (Wildman–Crippen MR) is 60.7 cm³/mol. The van der Waals surface area contributed by atoms with Gasteiger partial charge in [0.15, 0.2) is 0 Å². The maximum absolute atomic E-state index is 11.7. The zero-order valence-electron chi connectivity index (χ0n) is 9.21. The molecule has 5 heteroatoms. The number of imide groups is 3. The Morgan fingerprint density at radius 2 is 1.88 bits per heavy atom. The molecule has 1 saturated heterocycles. The van der Waals surface area contributed by atoms with Crippen LogP contribution in [0, 0.1) is 0 Å². The third kappa shape index (κ3) is 2.13. The highest BCUT2D eigenvalue weighted by atomic mass is 16.2. The van der Waals surface area contributed by atoms with Crippen molar-refractivity contribution in [3.63, 3.8) is 0 Å². The number of carbonyl (C=O) groups is 3. The summed E-state index contributed by atoms with van der Waals surface area (Å²) in [6.45, 7) is 1.18. The Labute approximate surface area is 97.8 Å². The molecular formula is C12H10N2O3. The topological polar surface area (TPSA) is 66.8 Å². The number of nitrogens with zero attached hydrogens (tertiary/aromatic N) is 2. The number of hydrogen-bond donors (Lipinski definition) is 0. The van der Waals surface area contributed by atoms with Gasteiger partial charge in [0.25, 0.3) is 5.91 Å². The number of para-hydroxylation sites is 1. The molecular weight excluding hydrogens is 220 g/mol. The summed E-state index contributed by atoms with van der Waals surface area (Å²) in [4.78, 5) is 38.9. The lowest BCUT2D eigenvalue weighted by molar-refractivity contribution is -0.147. The smallest absolute Gasteiger partial charge is 0.274 e. The Morgan fingerprint density at radius 3 is 2.41 bits per heavy atom. The largest absolute Gasteiger partial charge is 0.282 e. The molecule has 0 atom stereocenters. The van der Waals surface area contributed by atoms with Crippen LogP contribution in [-0.4, -0.2) is 28.3 Å². The van der Waals surface area contributed by atoms with E-state index in [0.29, 0.717) is 10.6 Å². The van der Waals surface area contributed by atoms with Gasteiger partial charge in [-0.3, -0.25) is 14.4 Å². The van der Waals surface area contributed by atoms with Crippen molar-refractivity contribution < 1.29 is 14.4 Å². The zero-order chi connectivity index (χ0) is 12.4. The quantitative estimate of drug-likeness (QED) is 0.677. The highest BCUT2D eigenvalue weighted by molar-refractivity contribution is 6.52. The average molecular weight is 230 g/mol. The van der Waals surface area contributed by atoms with Crippen LogP contribution in [-0.2, 0) is 14.4 Å². The second-order valence-electron chi connectivity index (χ2n) is 3.62. The Morgan fingerprint density at radius 1 is 1.24 bits per heavy atom. The molecule has 0 spiro atoms. The third-order valence-corrected chi connectivity index (χ3v) is 2.35. The minimum atomic E-state index is -0.619. The second kappa shape index (κ2) is 4.29. The summed E-state index contributed by atoms with van der Waals surface area (Å²) < 4.78 is 0. The van der Waals surface area contributed by atoms with Crippen LogP contribution in [0.2, 0.25) is 0 Å². The first-order valence-electron chi connectivity index (χ1n) is 5.10. The molecule has 1 aliphatic rings. The van der Waals surface area contributed by atoms with Gasteiger partial charge < -0.3 is 0 Å². The van der Waals surface area contributed by atoms with E-state index in [-0.39, 0.29) is 12.1 Å². The number of rotatable bonds is 1. The fourth-order valence-corrected chi connectivity index (χ4v) is 1.60. The van der Waals surface area contributed by atoms with Gasteiger partial charge in [-0.05, 0) is 12.1 Å². The van der Waals surface area contributed by atoms with Gasteiger partial charge in [0.05, 0.1) is 12.1 Å². The molecule has 1 aliphatic heterocycles. The molecule has 1 fully saturated rings. The summed E-state index contributed by atoms with van der Waals surface area (Å²) in [6.07, 6.45) is -0.118. The van der Waals surface area contributed by atoms with Crippen molar-refractivity contribution in [1.29, 1.82) is 0 Å². The van der Waals surface area contributed by atoms with E-state index in [4.69, 9.17) is 0 Å². The van der Waals surface area contributed by atoms with E-state index >= 15 is 0 Å². The van der Waals surface area contributed by atoms with Gasteiger partial charge in [-0.1, -0.05) is 18.2 Å². The van der Waals surface area contributed by atoms with Crippen molar-refractivity contribution in [2.75, 3.05) is 0 Å². The molecule has 1 aromatic carbocycles. The summed E-state index contributed by atoms with van der Waals surface area (Å²) in [5, 5.41) is 0. The lowest BCUT2D eigenvalue weighted by atomic mass is 10.3. The molecule has 1 aromatic rings. The molecule has 0 radical (unpaired) electrons. The Bertz CT molecular complexity index is 520. The lowest BCUT2D eigenvalue weighted by Crippen LogP contribution is -2.34. The highest BCUT2D eigenvalue weighted by Crippen LogP contribution is 2.16. The molecule has 0 N–H and O–H groups in total. The van der Waals surface area contributed by atoms with Gasteiger partial charge in [-0.15, -0.1) is 0 Å².